The highest BCUT2D eigenvalue weighted by molar-refractivity contribution is 8.18. The van der Waals surface area contributed by atoms with Crippen molar-refractivity contribution in [1.82, 2.24) is 9.47 Å². The van der Waals surface area contributed by atoms with Crippen LogP contribution in [0.2, 0.25) is 0 Å². The highest BCUT2D eigenvalue weighted by Crippen LogP contribution is 2.36. The second kappa shape index (κ2) is 7.63. The van der Waals surface area contributed by atoms with Crippen molar-refractivity contribution in [2.24, 2.45) is 0 Å². The van der Waals surface area contributed by atoms with Gasteiger partial charge in [0.15, 0.2) is 0 Å². The zero-order valence-corrected chi connectivity index (χ0v) is 18.5. The van der Waals surface area contributed by atoms with Gasteiger partial charge in [0.25, 0.3) is 11.1 Å². The lowest BCUT2D eigenvalue weighted by Gasteiger charge is -2.19. The number of hydrogen-bond acceptors (Lipinski definition) is 3. The molecule has 0 spiro atoms. The SMILES string of the molecule is CC[C@@H](C)N1C(=O)S/C(=C/c2cc(C)n(-c3c(C)cc(C)cc3C)c2C)C1=O. The number of carbonyl (C=O) groups excluding carboxylic acids is 2. The number of imide groups is 1. The topological polar surface area (TPSA) is 42.3 Å². The van der Waals surface area contributed by atoms with Gasteiger partial charge in [-0.05, 0) is 88.6 Å². The fourth-order valence-corrected chi connectivity index (χ4v) is 4.91. The molecule has 0 radical (unpaired) electrons. The fraction of sp³-hybridized carbons (Fsp3) is 0.391. The quantitative estimate of drug-likeness (QED) is 0.608. The number of aryl methyl sites for hydroxylation is 4. The zero-order chi connectivity index (χ0) is 20.7. The summed E-state index contributed by atoms with van der Waals surface area (Å²) in [6.07, 6.45) is 2.62. The van der Waals surface area contributed by atoms with E-state index in [0.717, 1.165) is 35.1 Å². The van der Waals surface area contributed by atoms with Crippen LogP contribution in [0.4, 0.5) is 4.79 Å². The molecular weight excluding hydrogens is 368 g/mol. The van der Waals surface area contributed by atoms with Gasteiger partial charge in [0.1, 0.15) is 0 Å². The minimum absolute atomic E-state index is 0.0799. The van der Waals surface area contributed by atoms with Crippen molar-refractivity contribution in [3.8, 4) is 5.69 Å². The molecule has 0 N–H and O–H groups in total. The third-order valence-electron chi connectivity index (χ3n) is 5.47. The highest BCUT2D eigenvalue weighted by atomic mass is 32.2. The van der Waals surface area contributed by atoms with Crippen LogP contribution in [0, 0.1) is 34.6 Å². The van der Waals surface area contributed by atoms with Gasteiger partial charge < -0.3 is 4.57 Å². The maximum absolute atomic E-state index is 12.7. The standard InChI is InChI=1S/C23H28N2O2S/c1-8-16(5)25-22(26)20(28-23(25)27)12-19-11-17(6)24(18(19)7)21-14(3)9-13(2)10-15(21)4/h9-12,16H,8H2,1-7H3/b20-12+/t16-/m1/s1. The van der Waals surface area contributed by atoms with E-state index in [0.29, 0.717) is 4.91 Å². The van der Waals surface area contributed by atoms with E-state index in [1.54, 1.807) is 0 Å². The van der Waals surface area contributed by atoms with Gasteiger partial charge in [0.2, 0.25) is 0 Å². The average molecular weight is 397 g/mol. The molecule has 2 amide bonds. The van der Waals surface area contributed by atoms with Crippen molar-refractivity contribution in [1.29, 1.82) is 0 Å². The van der Waals surface area contributed by atoms with Crippen molar-refractivity contribution >= 4 is 29.0 Å². The van der Waals surface area contributed by atoms with Gasteiger partial charge in [0, 0.05) is 17.4 Å². The van der Waals surface area contributed by atoms with E-state index in [4.69, 9.17) is 0 Å². The number of benzene rings is 1. The number of thioether (sulfide) groups is 1. The second-order valence-electron chi connectivity index (χ2n) is 7.72. The molecule has 1 fully saturated rings. The van der Waals surface area contributed by atoms with Crippen LogP contribution in [0.15, 0.2) is 23.1 Å². The van der Waals surface area contributed by atoms with Gasteiger partial charge in [-0.3, -0.25) is 14.5 Å². The van der Waals surface area contributed by atoms with Crippen LogP contribution in [0.1, 0.15) is 53.9 Å². The first-order valence-electron chi connectivity index (χ1n) is 9.69. The van der Waals surface area contributed by atoms with Crippen molar-refractivity contribution in [3.05, 3.63) is 56.7 Å². The molecule has 1 atom stereocenters. The van der Waals surface area contributed by atoms with E-state index < -0.39 is 0 Å². The van der Waals surface area contributed by atoms with Crippen LogP contribution in [0.3, 0.4) is 0 Å². The largest absolute Gasteiger partial charge is 0.317 e. The molecule has 2 aromatic rings. The lowest BCUT2D eigenvalue weighted by Crippen LogP contribution is -2.36. The molecule has 4 nitrogen and oxygen atoms in total. The third-order valence-corrected chi connectivity index (χ3v) is 6.35. The van der Waals surface area contributed by atoms with E-state index in [1.165, 1.54) is 27.3 Å². The van der Waals surface area contributed by atoms with E-state index in [1.807, 2.05) is 19.9 Å². The Morgan fingerprint density at radius 3 is 2.21 bits per heavy atom. The summed E-state index contributed by atoms with van der Waals surface area (Å²) in [5, 5.41) is -0.176. The molecule has 0 saturated carbocycles. The molecule has 28 heavy (non-hydrogen) atoms. The van der Waals surface area contributed by atoms with Crippen LogP contribution < -0.4 is 0 Å². The van der Waals surface area contributed by atoms with Gasteiger partial charge >= 0.3 is 0 Å². The Bertz CT molecular complexity index is 977. The summed E-state index contributed by atoms with van der Waals surface area (Å²) in [6, 6.07) is 6.39. The molecule has 0 bridgehead atoms. The summed E-state index contributed by atoms with van der Waals surface area (Å²) in [7, 11) is 0. The van der Waals surface area contributed by atoms with Crippen LogP contribution in [-0.2, 0) is 4.79 Å². The normalized spacial score (nSPS) is 17.1. The van der Waals surface area contributed by atoms with Gasteiger partial charge in [0.05, 0.1) is 10.6 Å². The third kappa shape index (κ3) is 3.44. The monoisotopic (exact) mass is 396 g/mol. The molecule has 5 heteroatoms. The molecule has 0 unspecified atom stereocenters. The summed E-state index contributed by atoms with van der Waals surface area (Å²) in [5.41, 5.74) is 8.05. The van der Waals surface area contributed by atoms with Crippen LogP contribution >= 0.6 is 11.8 Å². The number of nitrogens with zero attached hydrogens (tertiary/aromatic N) is 2. The van der Waals surface area contributed by atoms with E-state index in [9.17, 15) is 9.59 Å². The van der Waals surface area contributed by atoms with Crippen molar-refractivity contribution < 1.29 is 9.59 Å². The summed E-state index contributed by atoms with van der Waals surface area (Å²) < 4.78 is 2.24. The highest BCUT2D eigenvalue weighted by Gasteiger charge is 2.37. The molecule has 1 aliphatic rings. The Balaban J connectivity index is 2.06. The van der Waals surface area contributed by atoms with Gasteiger partial charge in [-0.25, -0.2) is 0 Å². The smallest absolute Gasteiger partial charge is 0.293 e. The molecule has 148 valence electrons. The van der Waals surface area contributed by atoms with Crippen molar-refractivity contribution in [2.75, 3.05) is 0 Å². The van der Waals surface area contributed by atoms with Crippen LogP contribution in [0.25, 0.3) is 11.8 Å². The number of rotatable bonds is 4. The molecule has 2 heterocycles. The molecule has 3 rings (SSSR count). The van der Waals surface area contributed by atoms with Gasteiger partial charge in [-0.2, -0.15) is 0 Å². The zero-order valence-electron chi connectivity index (χ0n) is 17.7. The lowest BCUT2D eigenvalue weighted by molar-refractivity contribution is -0.124. The lowest BCUT2D eigenvalue weighted by atomic mass is 10.0. The summed E-state index contributed by atoms with van der Waals surface area (Å²) in [6.45, 7) is 14.4. The minimum atomic E-state index is -0.183. The second-order valence-corrected chi connectivity index (χ2v) is 8.71. The Kier molecular flexibility index (Phi) is 5.57. The number of amides is 2. The molecular formula is C23H28N2O2S. The summed E-state index contributed by atoms with van der Waals surface area (Å²) in [4.78, 5) is 26.9. The van der Waals surface area contributed by atoms with Crippen LogP contribution in [0.5, 0.6) is 0 Å². The first kappa shape index (κ1) is 20.5. The predicted octanol–water partition coefficient (Wildman–Crippen LogP) is 5.85. The Morgan fingerprint density at radius 2 is 1.64 bits per heavy atom. The molecule has 1 aliphatic heterocycles. The van der Waals surface area contributed by atoms with Gasteiger partial charge in [-0.15, -0.1) is 0 Å². The molecule has 0 aliphatic carbocycles. The molecule has 1 aromatic carbocycles. The van der Waals surface area contributed by atoms with Crippen molar-refractivity contribution in [2.45, 2.75) is 60.9 Å². The van der Waals surface area contributed by atoms with Gasteiger partial charge in [-0.1, -0.05) is 24.6 Å². The Labute approximate surface area is 171 Å². The van der Waals surface area contributed by atoms with Crippen LogP contribution in [-0.4, -0.2) is 26.7 Å². The first-order valence-corrected chi connectivity index (χ1v) is 10.5. The minimum Gasteiger partial charge on any atom is -0.317 e. The predicted molar refractivity (Wildman–Crippen MR) is 117 cm³/mol. The van der Waals surface area contributed by atoms with Crippen molar-refractivity contribution in [3.63, 3.8) is 0 Å². The average Bonchev–Trinajstić information content (AvgIpc) is 3.03. The summed E-state index contributed by atoms with van der Waals surface area (Å²) in [5.74, 6) is -0.183. The van der Waals surface area contributed by atoms with E-state index in [-0.39, 0.29) is 17.2 Å². The maximum atomic E-state index is 12.7. The molecule has 1 saturated heterocycles. The number of hydrogen-bond donors (Lipinski definition) is 0. The van der Waals surface area contributed by atoms with E-state index >= 15 is 0 Å². The number of aromatic nitrogens is 1. The summed E-state index contributed by atoms with van der Waals surface area (Å²) >= 11 is 1.04. The number of carbonyl (C=O) groups is 2. The Morgan fingerprint density at radius 1 is 1.04 bits per heavy atom. The first-order chi connectivity index (χ1) is 13.1. The Hall–Kier alpha value is -2.27. The molecule has 1 aromatic heterocycles. The van der Waals surface area contributed by atoms with E-state index in [2.05, 4.69) is 57.4 Å². The maximum Gasteiger partial charge on any atom is 0.293 e. The fourth-order valence-electron chi connectivity index (χ4n) is 3.99.